The van der Waals surface area contributed by atoms with Gasteiger partial charge in [-0.15, -0.1) is 0 Å². The number of aromatic nitrogens is 1. The molecule has 0 spiro atoms. The zero-order valence-corrected chi connectivity index (χ0v) is 8.91. The summed E-state index contributed by atoms with van der Waals surface area (Å²) in [6.45, 7) is 2.43. The number of pyridine rings is 1. The van der Waals surface area contributed by atoms with Crippen LogP contribution in [0.2, 0.25) is 0 Å². The SMILES string of the molecule is Cc1c(C(=O)NCCN)ccn(C)c1=O. The van der Waals surface area contributed by atoms with Gasteiger partial charge in [0.15, 0.2) is 0 Å². The third-order valence-corrected chi connectivity index (χ3v) is 2.18. The van der Waals surface area contributed by atoms with Crippen molar-refractivity contribution in [2.24, 2.45) is 12.8 Å². The highest BCUT2D eigenvalue weighted by Gasteiger charge is 2.10. The quantitative estimate of drug-likeness (QED) is 0.696. The average molecular weight is 209 g/mol. The van der Waals surface area contributed by atoms with E-state index in [1.165, 1.54) is 4.57 Å². The number of carbonyl (C=O) groups excluding carboxylic acids is 1. The van der Waals surface area contributed by atoms with Gasteiger partial charge in [-0.1, -0.05) is 0 Å². The molecule has 0 saturated carbocycles. The Hall–Kier alpha value is -1.62. The zero-order chi connectivity index (χ0) is 11.4. The van der Waals surface area contributed by atoms with Gasteiger partial charge in [0.2, 0.25) is 0 Å². The molecule has 15 heavy (non-hydrogen) atoms. The summed E-state index contributed by atoms with van der Waals surface area (Å²) in [4.78, 5) is 23.1. The molecule has 1 aromatic rings. The minimum Gasteiger partial charge on any atom is -0.351 e. The highest BCUT2D eigenvalue weighted by Crippen LogP contribution is 2.01. The van der Waals surface area contributed by atoms with Crippen LogP contribution in [0.25, 0.3) is 0 Å². The molecule has 1 amide bonds. The summed E-state index contributed by atoms with van der Waals surface area (Å²) in [5, 5.41) is 2.62. The van der Waals surface area contributed by atoms with E-state index >= 15 is 0 Å². The van der Waals surface area contributed by atoms with E-state index in [0.29, 0.717) is 24.2 Å². The third kappa shape index (κ3) is 2.44. The second-order valence-electron chi connectivity index (χ2n) is 3.32. The number of rotatable bonds is 3. The molecule has 0 aromatic carbocycles. The van der Waals surface area contributed by atoms with Crippen LogP contribution >= 0.6 is 0 Å². The molecule has 0 unspecified atom stereocenters. The normalized spacial score (nSPS) is 10.1. The van der Waals surface area contributed by atoms with Crippen LogP contribution in [-0.2, 0) is 7.05 Å². The number of nitrogens with one attached hydrogen (secondary N) is 1. The van der Waals surface area contributed by atoms with Gasteiger partial charge in [-0.25, -0.2) is 0 Å². The average Bonchev–Trinajstić information content (AvgIpc) is 2.23. The molecule has 0 bridgehead atoms. The van der Waals surface area contributed by atoms with Gasteiger partial charge in [-0.05, 0) is 13.0 Å². The van der Waals surface area contributed by atoms with Gasteiger partial charge in [-0.3, -0.25) is 9.59 Å². The summed E-state index contributed by atoms with van der Waals surface area (Å²) in [6.07, 6.45) is 1.58. The first-order valence-electron chi connectivity index (χ1n) is 4.72. The van der Waals surface area contributed by atoms with Crippen molar-refractivity contribution in [1.29, 1.82) is 0 Å². The molecule has 1 aromatic heterocycles. The predicted octanol–water partition coefficient (Wildman–Crippen LogP) is -0.618. The van der Waals surface area contributed by atoms with Gasteiger partial charge in [0, 0.05) is 37.5 Å². The fraction of sp³-hybridized carbons (Fsp3) is 0.400. The first-order chi connectivity index (χ1) is 7.07. The maximum atomic E-state index is 11.6. The molecule has 1 heterocycles. The van der Waals surface area contributed by atoms with Crippen LogP contribution < -0.4 is 16.6 Å². The summed E-state index contributed by atoms with van der Waals surface area (Å²) in [5.41, 5.74) is 5.97. The first-order valence-corrected chi connectivity index (χ1v) is 4.72. The minimum absolute atomic E-state index is 0.157. The van der Waals surface area contributed by atoms with Gasteiger partial charge in [0.1, 0.15) is 0 Å². The van der Waals surface area contributed by atoms with Crippen molar-refractivity contribution in [2.75, 3.05) is 13.1 Å². The molecule has 0 radical (unpaired) electrons. The maximum absolute atomic E-state index is 11.6. The van der Waals surface area contributed by atoms with Gasteiger partial charge in [0.25, 0.3) is 11.5 Å². The van der Waals surface area contributed by atoms with Crippen molar-refractivity contribution in [3.63, 3.8) is 0 Å². The molecule has 0 saturated heterocycles. The maximum Gasteiger partial charge on any atom is 0.253 e. The van der Waals surface area contributed by atoms with E-state index in [1.54, 1.807) is 26.2 Å². The third-order valence-electron chi connectivity index (χ3n) is 2.18. The first kappa shape index (κ1) is 11.5. The Morgan fingerprint density at radius 3 is 2.87 bits per heavy atom. The van der Waals surface area contributed by atoms with Crippen LogP contribution in [0.3, 0.4) is 0 Å². The summed E-state index contributed by atoms with van der Waals surface area (Å²) in [5.74, 6) is -0.254. The smallest absolute Gasteiger partial charge is 0.253 e. The molecule has 3 N–H and O–H groups in total. The van der Waals surface area contributed by atoms with Crippen molar-refractivity contribution in [3.05, 3.63) is 33.7 Å². The number of nitrogens with zero attached hydrogens (tertiary/aromatic N) is 1. The van der Waals surface area contributed by atoms with Crippen molar-refractivity contribution in [2.45, 2.75) is 6.92 Å². The number of carbonyl (C=O) groups is 1. The van der Waals surface area contributed by atoms with E-state index in [-0.39, 0.29) is 11.5 Å². The lowest BCUT2D eigenvalue weighted by Gasteiger charge is -2.07. The van der Waals surface area contributed by atoms with E-state index in [4.69, 9.17) is 5.73 Å². The highest BCUT2D eigenvalue weighted by molar-refractivity contribution is 5.95. The summed E-state index contributed by atoms with van der Waals surface area (Å²) >= 11 is 0. The van der Waals surface area contributed by atoms with Crippen LogP contribution in [0.15, 0.2) is 17.1 Å². The van der Waals surface area contributed by atoms with Crippen molar-refractivity contribution in [1.82, 2.24) is 9.88 Å². The highest BCUT2D eigenvalue weighted by atomic mass is 16.2. The zero-order valence-electron chi connectivity index (χ0n) is 8.91. The van der Waals surface area contributed by atoms with E-state index in [0.717, 1.165) is 0 Å². The van der Waals surface area contributed by atoms with Crippen LogP contribution in [0.4, 0.5) is 0 Å². The van der Waals surface area contributed by atoms with Crippen LogP contribution in [0.1, 0.15) is 15.9 Å². The number of hydrogen-bond donors (Lipinski definition) is 2. The van der Waals surface area contributed by atoms with E-state index in [9.17, 15) is 9.59 Å². The molecule has 0 aliphatic heterocycles. The Morgan fingerprint density at radius 2 is 2.27 bits per heavy atom. The van der Waals surface area contributed by atoms with E-state index in [1.807, 2.05) is 0 Å². The molecular formula is C10H15N3O2. The van der Waals surface area contributed by atoms with Crippen LogP contribution in [-0.4, -0.2) is 23.6 Å². The summed E-state index contributed by atoms with van der Waals surface area (Å²) < 4.78 is 1.44. The lowest BCUT2D eigenvalue weighted by atomic mass is 10.1. The van der Waals surface area contributed by atoms with Gasteiger partial charge < -0.3 is 15.6 Å². The fourth-order valence-electron chi connectivity index (χ4n) is 1.29. The Balaban J connectivity index is 3.01. The Kier molecular flexibility index (Phi) is 3.62. The number of nitrogens with two attached hydrogens (primary N) is 1. The fourth-order valence-corrected chi connectivity index (χ4v) is 1.29. The van der Waals surface area contributed by atoms with Crippen molar-refractivity contribution < 1.29 is 4.79 Å². The molecule has 82 valence electrons. The number of aryl methyl sites for hydroxylation is 1. The van der Waals surface area contributed by atoms with Gasteiger partial charge >= 0.3 is 0 Å². The standard InChI is InChI=1S/C10H15N3O2/c1-7-8(9(14)12-5-4-11)3-6-13(2)10(7)15/h3,6H,4-5,11H2,1-2H3,(H,12,14). The van der Waals surface area contributed by atoms with Gasteiger partial charge in [-0.2, -0.15) is 0 Å². The Morgan fingerprint density at radius 1 is 1.60 bits per heavy atom. The lowest BCUT2D eigenvalue weighted by Crippen LogP contribution is -2.31. The van der Waals surface area contributed by atoms with Crippen molar-refractivity contribution >= 4 is 5.91 Å². The molecule has 0 atom stereocenters. The largest absolute Gasteiger partial charge is 0.351 e. The minimum atomic E-state index is -0.254. The molecule has 5 heteroatoms. The van der Waals surface area contributed by atoms with Crippen LogP contribution in [0.5, 0.6) is 0 Å². The topological polar surface area (TPSA) is 77.1 Å². The lowest BCUT2D eigenvalue weighted by molar-refractivity contribution is 0.0954. The Labute approximate surface area is 87.9 Å². The van der Waals surface area contributed by atoms with Crippen molar-refractivity contribution in [3.8, 4) is 0 Å². The summed E-state index contributed by atoms with van der Waals surface area (Å²) in [6, 6.07) is 1.63. The summed E-state index contributed by atoms with van der Waals surface area (Å²) in [7, 11) is 1.65. The van der Waals surface area contributed by atoms with E-state index in [2.05, 4.69) is 5.32 Å². The van der Waals surface area contributed by atoms with Gasteiger partial charge in [0.05, 0.1) is 0 Å². The number of hydrogen-bond acceptors (Lipinski definition) is 3. The van der Waals surface area contributed by atoms with Crippen LogP contribution in [0, 0.1) is 6.92 Å². The Bertz CT molecular complexity index is 423. The predicted molar refractivity (Wildman–Crippen MR) is 57.8 cm³/mol. The second kappa shape index (κ2) is 4.75. The molecule has 5 nitrogen and oxygen atoms in total. The molecule has 0 aliphatic carbocycles. The number of amides is 1. The van der Waals surface area contributed by atoms with E-state index < -0.39 is 0 Å². The second-order valence-corrected chi connectivity index (χ2v) is 3.32. The monoisotopic (exact) mass is 209 g/mol. The molecule has 0 fully saturated rings. The molecule has 1 rings (SSSR count). The molecular weight excluding hydrogens is 194 g/mol. The molecule has 0 aliphatic rings.